The van der Waals surface area contributed by atoms with Crippen LogP contribution < -0.4 is 0 Å². The van der Waals surface area contributed by atoms with Crippen molar-refractivity contribution in [1.82, 2.24) is 0 Å². The molecular formula is C18H30O3. The van der Waals surface area contributed by atoms with Crippen molar-refractivity contribution < 1.29 is 15.3 Å². The first-order valence-corrected chi connectivity index (χ1v) is 8.91. The molecular weight excluding hydrogens is 264 g/mol. The Morgan fingerprint density at radius 3 is 2.38 bits per heavy atom. The zero-order chi connectivity index (χ0) is 14.9. The maximum Gasteiger partial charge on any atom is 0.0688 e. The molecule has 3 heteroatoms. The lowest BCUT2D eigenvalue weighted by molar-refractivity contribution is -0.273. The molecule has 0 unspecified atom stereocenters. The van der Waals surface area contributed by atoms with Crippen LogP contribution in [0.15, 0.2) is 0 Å². The maximum atomic E-state index is 11.4. The Hall–Kier alpha value is -0.120. The van der Waals surface area contributed by atoms with E-state index >= 15 is 0 Å². The summed E-state index contributed by atoms with van der Waals surface area (Å²) in [4.78, 5) is 0. The van der Waals surface area contributed by atoms with Gasteiger partial charge in [-0.15, -0.1) is 0 Å². The number of fused-ring (bicyclic) bond motifs is 5. The molecule has 0 aliphatic heterocycles. The van der Waals surface area contributed by atoms with E-state index in [-0.39, 0.29) is 23.4 Å². The molecule has 4 aliphatic rings. The van der Waals surface area contributed by atoms with Gasteiger partial charge in [0.25, 0.3) is 0 Å². The minimum Gasteiger partial charge on any atom is -0.396 e. The average molecular weight is 294 g/mol. The van der Waals surface area contributed by atoms with Gasteiger partial charge in [0.15, 0.2) is 0 Å². The standard InChI is InChI=1S/C18H30O3/c1-15-5-4-8-17(21,11-15)13-9-16(6-2-3-7-16)18(13,12-19)14(20)10-15/h13-14,19-21H,2-12H2,1H3/t13-,14+,15-,17+,18-/m0/s1. The largest absolute Gasteiger partial charge is 0.396 e. The van der Waals surface area contributed by atoms with Gasteiger partial charge in [0, 0.05) is 5.41 Å². The molecule has 3 N–H and O–H groups in total. The van der Waals surface area contributed by atoms with E-state index < -0.39 is 17.1 Å². The van der Waals surface area contributed by atoms with E-state index in [1.165, 1.54) is 12.8 Å². The molecule has 4 fully saturated rings. The molecule has 0 radical (unpaired) electrons. The molecule has 5 atom stereocenters. The van der Waals surface area contributed by atoms with Crippen molar-refractivity contribution in [2.24, 2.45) is 22.2 Å². The summed E-state index contributed by atoms with van der Waals surface area (Å²) in [7, 11) is 0. The summed E-state index contributed by atoms with van der Waals surface area (Å²) < 4.78 is 0. The Morgan fingerprint density at radius 1 is 1.00 bits per heavy atom. The van der Waals surface area contributed by atoms with Crippen molar-refractivity contribution in [3.63, 3.8) is 0 Å². The lowest BCUT2D eigenvalue weighted by atomic mass is 9.38. The Bertz CT molecular complexity index is 444. The molecule has 0 amide bonds. The molecule has 0 aromatic rings. The Kier molecular flexibility index (Phi) is 2.92. The van der Waals surface area contributed by atoms with Gasteiger partial charge >= 0.3 is 0 Å². The van der Waals surface area contributed by atoms with Crippen LogP contribution in [-0.4, -0.2) is 33.6 Å². The zero-order valence-electron chi connectivity index (χ0n) is 13.3. The average Bonchev–Trinajstić information content (AvgIpc) is 2.86. The van der Waals surface area contributed by atoms with E-state index in [1.54, 1.807) is 0 Å². The summed E-state index contributed by atoms with van der Waals surface area (Å²) in [6.07, 6.45) is 9.88. The fraction of sp³-hybridized carbons (Fsp3) is 1.00. The third-order valence-corrected chi connectivity index (χ3v) is 8.08. The van der Waals surface area contributed by atoms with E-state index in [4.69, 9.17) is 0 Å². The Morgan fingerprint density at radius 2 is 1.71 bits per heavy atom. The summed E-state index contributed by atoms with van der Waals surface area (Å²) in [5, 5.41) is 32.8. The van der Waals surface area contributed by atoms with Crippen LogP contribution in [0.25, 0.3) is 0 Å². The van der Waals surface area contributed by atoms with E-state index in [2.05, 4.69) is 6.92 Å². The topological polar surface area (TPSA) is 60.7 Å². The summed E-state index contributed by atoms with van der Waals surface area (Å²) >= 11 is 0. The third-order valence-electron chi connectivity index (χ3n) is 8.08. The molecule has 0 saturated heterocycles. The van der Waals surface area contributed by atoms with Crippen molar-refractivity contribution in [2.45, 2.75) is 82.8 Å². The van der Waals surface area contributed by atoms with Crippen molar-refractivity contribution in [2.75, 3.05) is 6.61 Å². The van der Waals surface area contributed by atoms with Crippen LogP contribution in [0.3, 0.4) is 0 Å². The van der Waals surface area contributed by atoms with Crippen LogP contribution in [0, 0.1) is 22.2 Å². The van der Waals surface area contributed by atoms with Crippen LogP contribution in [0.1, 0.15) is 71.1 Å². The summed E-state index contributed by atoms with van der Waals surface area (Å²) in [5.74, 6) is 0.102. The lowest BCUT2D eigenvalue weighted by Crippen LogP contribution is -2.70. The van der Waals surface area contributed by atoms with Crippen molar-refractivity contribution in [3.05, 3.63) is 0 Å². The highest BCUT2D eigenvalue weighted by Crippen LogP contribution is 2.75. The van der Waals surface area contributed by atoms with Gasteiger partial charge in [-0.05, 0) is 61.7 Å². The van der Waals surface area contributed by atoms with Gasteiger partial charge in [-0.3, -0.25) is 0 Å². The normalized spacial score (nSPS) is 54.9. The van der Waals surface area contributed by atoms with Crippen LogP contribution in [0.2, 0.25) is 0 Å². The molecule has 1 spiro atoms. The van der Waals surface area contributed by atoms with Crippen LogP contribution in [0.5, 0.6) is 0 Å². The second-order valence-electron chi connectivity index (χ2n) is 9.11. The predicted octanol–water partition coefficient (Wildman–Crippen LogP) is 2.62. The zero-order valence-corrected chi connectivity index (χ0v) is 13.3. The first kappa shape index (κ1) is 14.5. The monoisotopic (exact) mass is 294 g/mol. The maximum absolute atomic E-state index is 11.4. The lowest BCUT2D eigenvalue weighted by Gasteiger charge is -2.68. The highest BCUT2D eigenvalue weighted by Gasteiger charge is 2.74. The van der Waals surface area contributed by atoms with Crippen LogP contribution in [0.4, 0.5) is 0 Å². The Labute approximate surface area is 127 Å². The second kappa shape index (κ2) is 4.24. The van der Waals surface area contributed by atoms with Gasteiger partial charge in [0.1, 0.15) is 0 Å². The number of hydrogen-bond acceptors (Lipinski definition) is 3. The van der Waals surface area contributed by atoms with Gasteiger partial charge in [-0.25, -0.2) is 0 Å². The molecule has 4 saturated carbocycles. The fourth-order valence-electron chi connectivity index (χ4n) is 7.22. The van der Waals surface area contributed by atoms with Gasteiger partial charge in [-0.1, -0.05) is 26.2 Å². The fourth-order valence-corrected chi connectivity index (χ4v) is 7.22. The Balaban J connectivity index is 1.81. The van der Waals surface area contributed by atoms with Crippen molar-refractivity contribution in [3.8, 4) is 0 Å². The minimum atomic E-state index is -0.652. The third kappa shape index (κ3) is 1.61. The van der Waals surface area contributed by atoms with E-state index in [0.717, 1.165) is 51.4 Å². The smallest absolute Gasteiger partial charge is 0.0688 e. The summed E-state index contributed by atoms with van der Waals surface area (Å²) in [5.41, 5.74) is -0.928. The highest BCUT2D eigenvalue weighted by atomic mass is 16.3. The minimum absolute atomic E-state index is 0.0473. The van der Waals surface area contributed by atoms with Crippen LogP contribution in [-0.2, 0) is 0 Å². The van der Waals surface area contributed by atoms with Gasteiger partial charge in [0.2, 0.25) is 0 Å². The van der Waals surface area contributed by atoms with Crippen molar-refractivity contribution >= 4 is 0 Å². The first-order chi connectivity index (χ1) is 9.90. The quantitative estimate of drug-likeness (QED) is 0.697. The molecule has 0 heterocycles. The number of aliphatic hydroxyl groups is 3. The number of aliphatic hydroxyl groups excluding tert-OH is 2. The van der Waals surface area contributed by atoms with Crippen molar-refractivity contribution in [1.29, 1.82) is 0 Å². The number of rotatable bonds is 1. The first-order valence-electron chi connectivity index (χ1n) is 8.91. The number of hydrogen-bond donors (Lipinski definition) is 3. The molecule has 3 nitrogen and oxygen atoms in total. The molecule has 120 valence electrons. The second-order valence-corrected chi connectivity index (χ2v) is 9.11. The summed E-state index contributed by atoms with van der Waals surface area (Å²) in [6.45, 7) is 2.29. The summed E-state index contributed by atoms with van der Waals surface area (Å²) in [6, 6.07) is 0. The SMILES string of the molecule is C[C@@]12CCC[C@@](O)(C1)[C@@H]1CC3(CCCC3)[C@]1(CO)[C@H](O)C2. The molecule has 21 heavy (non-hydrogen) atoms. The van der Waals surface area contributed by atoms with Gasteiger partial charge < -0.3 is 15.3 Å². The molecule has 0 aromatic heterocycles. The van der Waals surface area contributed by atoms with E-state index in [9.17, 15) is 15.3 Å². The predicted molar refractivity (Wildman–Crippen MR) is 80.7 cm³/mol. The molecule has 2 bridgehead atoms. The molecule has 4 aliphatic carbocycles. The van der Waals surface area contributed by atoms with Crippen LogP contribution >= 0.6 is 0 Å². The highest BCUT2D eigenvalue weighted by molar-refractivity contribution is 5.23. The van der Waals surface area contributed by atoms with Gasteiger partial charge in [-0.2, -0.15) is 0 Å². The molecule has 0 aromatic carbocycles. The van der Waals surface area contributed by atoms with E-state index in [1.807, 2.05) is 0 Å². The van der Waals surface area contributed by atoms with Gasteiger partial charge in [0.05, 0.1) is 18.3 Å². The van der Waals surface area contributed by atoms with E-state index in [0.29, 0.717) is 0 Å². The molecule has 4 rings (SSSR count).